The summed E-state index contributed by atoms with van der Waals surface area (Å²) in [5, 5.41) is 4.40. The molecule has 2 aromatic heterocycles. The first kappa shape index (κ1) is 13.5. The summed E-state index contributed by atoms with van der Waals surface area (Å²) in [5.41, 5.74) is 1.95. The second-order valence-corrected chi connectivity index (χ2v) is 6.28. The Hall–Kier alpha value is -0.940. The maximum absolute atomic E-state index is 12.2. The van der Waals surface area contributed by atoms with E-state index in [1.807, 2.05) is 26.1 Å². The first-order valence-electron chi connectivity index (χ1n) is 5.82. The Bertz CT molecular complexity index is 586. The van der Waals surface area contributed by atoms with Crippen molar-refractivity contribution in [2.24, 2.45) is 7.05 Å². The van der Waals surface area contributed by atoms with Crippen LogP contribution in [0.4, 0.5) is 0 Å². The van der Waals surface area contributed by atoms with Crippen molar-refractivity contribution in [3.63, 3.8) is 0 Å². The van der Waals surface area contributed by atoms with Crippen molar-refractivity contribution >= 4 is 33.0 Å². The molecular weight excluding hydrogens is 312 g/mol. The van der Waals surface area contributed by atoms with Gasteiger partial charge in [-0.25, -0.2) is 0 Å². The van der Waals surface area contributed by atoms with E-state index in [1.165, 1.54) is 0 Å². The van der Waals surface area contributed by atoms with Crippen molar-refractivity contribution in [3.05, 3.63) is 37.7 Å². The number of ketones is 1. The molecule has 0 saturated carbocycles. The molecule has 2 heterocycles. The average molecular weight is 327 g/mol. The molecule has 0 aliphatic heterocycles. The number of hydrogen-bond donors (Lipinski definition) is 0. The van der Waals surface area contributed by atoms with Gasteiger partial charge < -0.3 is 0 Å². The van der Waals surface area contributed by atoms with E-state index in [-0.39, 0.29) is 5.78 Å². The van der Waals surface area contributed by atoms with Crippen LogP contribution < -0.4 is 0 Å². The zero-order valence-electron chi connectivity index (χ0n) is 10.7. The predicted molar refractivity (Wildman–Crippen MR) is 77.4 cm³/mol. The van der Waals surface area contributed by atoms with E-state index in [0.717, 1.165) is 32.0 Å². The van der Waals surface area contributed by atoms with Crippen LogP contribution in [0.25, 0.3) is 0 Å². The lowest BCUT2D eigenvalue weighted by Crippen LogP contribution is -2.07. The first-order chi connectivity index (χ1) is 8.52. The molecule has 3 nitrogen and oxygen atoms in total. The molecule has 0 atom stereocenters. The summed E-state index contributed by atoms with van der Waals surface area (Å²) < 4.78 is 2.76. The fourth-order valence-corrected chi connectivity index (χ4v) is 3.40. The van der Waals surface area contributed by atoms with Crippen LogP contribution in [-0.2, 0) is 19.9 Å². The van der Waals surface area contributed by atoms with E-state index in [2.05, 4.69) is 28.0 Å². The lowest BCUT2D eigenvalue weighted by atomic mass is 10.2. The van der Waals surface area contributed by atoms with Crippen LogP contribution in [-0.4, -0.2) is 15.6 Å². The Labute approximate surface area is 119 Å². The predicted octanol–water partition coefficient (Wildman–Crippen LogP) is 3.54. The van der Waals surface area contributed by atoms with E-state index in [0.29, 0.717) is 6.42 Å². The number of thiophene rings is 1. The van der Waals surface area contributed by atoms with Gasteiger partial charge in [-0.1, -0.05) is 6.92 Å². The summed E-state index contributed by atoms with van der Waals surface area (Å²) in [6, 6.07) is 3.88. The van der Waals surface area contributed by atoms with Crippen molar-refractivity contribution in [3.8, 4) is 0 Å². The maximum atomic E-state index is 12.2. The first-order valence-corrected chi connectivity index (χ1v) is 7.43. The number of nitrogens with zero attached hydrogens (tertiary/aromatic N) is 2. The van der Waals surface area contributed by atoms with Gasteiger partial charge in [-0.15, -0.1) is 11.3 Å². The quantitative estimate of drug-likeness (QED) is 0.805. The van der Waals surface area contributed by atoms with Crippen LogP contribution >= 0.6 is 27.3 Å². The Morgan fingerprint density at radius 1 is 1.50 bits per heavy atom. The molecule has 0 fully saturated rings. The third-order valence-electron chi connectivity index (χ3n) is 2.85. The number of Topliss-reactive ketones (excluding diaryl/α,β-unsaturated/α-hetero) is 1. The van der Waals surface area contributed by atoms with Crippen molar-refractivity contribution in [2.75, 3.05) is 0 Å². The SMILES string of the molecule is CCc1nn(C)c(CC(=O)c2ccc(C)s2)c1Br. The summed E-state index contributed by atoms with van der Waals surface area (Å²) in [7, 11) is 1.88. The van der Waals surface area contributed by atoms with E-state index in [4.69, 9.17) is 0 Å². The molecule has 2 rings (SSSR count). The number of carbonyl (C=O) groups is 1. The minimum atomic E-state index is 0.152. The highest BCUT2D eigenvalue weighted by Gasteiger charge is 2.17. The third-order valence-corrected chi connectivity index (χ3v) is 4.80. The van der Waals surface area contributed by atoms with Crippen LogP contribution in [0.2, 0.25) is 0 Å². The largest absolute Gasteiger partial charge is 0.293 e. The van der Waals surface area contributed by atoms with Gasteiger partial charge in [0.1, 0.15) is 0 Å². The minimum Gasteiger partial charge on any atom is -0.293 e. The molecule has 0 radical (unpaired) electrons. The van der Waals surface area contributed by atoms with Crippen LogP contribution in [0.3, 0.4) is 0 Å². The number of carbonyl (C=O) groups excluding carboxylic acids is 1. The Morgan fingerprint density at radius 3 is 2.72 bits per heavy atom. The maximum Gasteiger partial charge on any atom is 0.178 e. The number of aromatic nitrogens is 2. The second kappa shape index (κ2) is 5.36. The lowest BCUT2D eigenvalue weighted by molar-refractivity contribution is 0.0994. The molecule has 0 unspecified atom stereocenters. The van der Waals surface area contributed by atoms with Crippen molar-refractivity contribution in [2.45, 2.75) is 26.7 Å². The van der Waals surface area contributed by atoms with Gasteiger partial charge in [0.25, 0.3) is 0 Å². The topological polar surface area (TPSA) is 34.9 Å². The molecule has 18 heavy (non-hydrogen) atoms. The van der Waals surface area contributed by atoms with Gasteiger partial charge >= 0.3 is 0 Å². The molecule has 2 aromatic rings. The second-order valence-electron chi connectivity index (χ2n) is 4.19. The monoisotopic (exact) mass is 326 g/mol. The van der Waals surface area contributed by atoms with E-state index < -0.39 is 0 Å². The number of halogens is 1. The summed E-state index contributed by atoms with van der Waals surface area (Å²) in [5.74, 6) is 0.152. The van der Waals surface area contributed by atoms with Gasteiger partial charge in [0, 0.05) is 11.9 Å². The molecule has 0 amide bonds. The zero-order chi connectivity index (χ0) is 13.3. The Kier molecular flexibility index (Phi) is 4.02. The van der Waals surface area contributed by atoms with E-state index in [9.17, 15) is 4.79 Å². The zero-order valence-corrected chi connectivity index (χ0v) is 13.1. The third kappa shape index (κ3) is 2.57. The minimum absolute atomic E-state index is 0.152. The van der Waals surface area contributed by atoms with Crippen molar-refractivity contribution in [1.29, 1.82) is 0 Å². The van der Waals surface area contributed by atoms with Gasteiger partial charge in [0.05, 0.1) is 27.2 Å². The standard InChI is InChI=1S/C13H15BrN2OS/c1-4-9-13(14)10(16(3)15-9)7-11(17)12-6-5-8(2)18-12/h5-6H,4,7H2,1-3H3. The van der Waals surface area contributed by atoms with Crippen LogP contribution in [0.1, 0.15) is 32.9 Å². The smallest absolute Gasteiger partial charge is 0.178 e. The highest BCUT2D eigenvalue weighted by molar-refractivity contribution is 9.10. The highest BCUT2D eigenvalue weighted by atomic mass is 79.9. The number of rotatable bonds is 4. The van der Waals surface area contributed by atoms with Gasteiger partial charge in [-0.3, -0.25) is 9.48 Å². The molecule has 96 valence electrons. The van der Waals surface area contributed by atoms with Crippen LogP contribution in [0.5, 0.6) is 0 Å². The van der Waals surface area contributed by atoms with Gasteiger partial charge in [0.15, 0.2) is 5.78 Å². The molecule has 0 bridgehead atoms. The summed E-state index contributed by atoms with van der Waals surface area (Å²) in [4.78, 5) is 14.2. The van der Waals surface area contributed by atoms with Crippen LogP contribution in [0, 0.1) is 6.92 Å². The summed E-state index contributed by atoms with van der Waals surface area (Å²) >= 11 is 5.08. The molecule has 5 heteroatoms. The molecule has 0 aliphatic carbocycles. The van der Waals surface area contributed by atoms with Gasteiger partial charge in [-0.2, -0.15) is 5.10 Å². The lowest BCUT2D eigenvalue weighted by Gasteiger charge is -2.01. The van der Waals surface area contributed by atoms with E-state index >= 15 is 0 Å². The van der Waals surface area contributed by atoms with Crippen LogP contribution in [0.15, 0.2) is 16.6 Å². The van der Waals surface area contributed by atoms with Crippen molar-refractivity contribution < 1.29 is 4.79 Å². The Morgan fingerprint density at radius 2 is 2.22 bits per heavy atom. The van der Waals surface area contributed by atoms with Gasteiger partial charge in [0.2, 0.25) is 0 Å². The molecular formula is C13H15BrN2OS. The summed E-state index contributed by atoms with van der Waals surface area (Å²) in [6.45, 7) is 4.07. The van der Waals surface area contributed by atoms with E-state index in [1.54, 1.807) is 16.0 Å². The molecule has 0 N–H and O–H groups in total. The highest BCUT2D eigenvalue weighted by Crippen LogP contribution is 2.24. The fraction of sp³-hybridized carbons (Fsp3) is 0.385. The molecule has 0 aliphatic rings. The molecule has 0 spiro atoms. The molecule has 0 saturated heterocycles. The summed E-state index contributed by atoms with van der Waals surface area (Å²) in [6.07, 6.45) is 1.25. The normalized spacial score (nSPS) is 10.9. The van der Waals surface area contributed by atoms with Gasteiger partial charge in [-0.05, 0) is 41.4 Å². The Balaban J connectivity index is 2.24. The molecule has 0 aromatic carbocycles. The number of hydrogen-bond acceptors (Lipinski definition) is 3. The average Bonchev–Trinajstić information content (AvgIpc) is 2.87. The van der Waals surface area contributed by atoms with Crippen molar-refractivity contribution in [1.82, 2.24) is 9.78 Å². The number of aryl methyl sites for hydroxylation is 3. The fourth-order valence-electron chi connectivity index (χ4n) is 1.84.